The second kappa shape index (κ2) is 6.88. The molecular formula is C15H26N4O. The topological polar surface area (TPSA) is 70.1 Å². The Morgan fingerprint density at radius 1 is 1.25 bits per heavy atom. The van der Waals surface area contributed by atoms with Crippen LogP contribution in [0.15, 0.2) is 6.20 Å². The van der Waals surface area contributed by atoms with Crippen LogP contribution in [0.1, 0.15) is 44.6 Å². The van der Waals surface area contributed by atoms with Crippen LogP contribution in [0.25, 0.3) is 0 Å². The van der Waals surface area contributed by atoms with Crippen LogP contribution < -0.4 is 10.6 Å². The van der Waals surface area contributed by atoms with Crippen molar-refractivity contribution in [2.24, 2.45) is 5.41 Å². The average Bonchev–Trinajstić information content (AvgIpc) is 2.49. The fourth-order valence-electron chi connectivity index (χ4n) is 2.83. The molecular weight excluding hydrogens is 252 g/mol. The summed E-state index contributed by atoms with van der Waals surface area (Å²) in [5.74, 6) is 1.52. The minimum Gasteiger partial charge on any atom is -0.396 e. The van der Waals surface area contributed by atoms with Gasteiger partial charge in [0.2, 0.25) is 5.95 Å². The normalized spacial score (nSPS) is 17.8. The second-order valence-electron chi connectivity index (χ2n) is 5.83. The van der Waals surface area contributed by atoms with Gasteiger partial charge in [-0.25, -0.2) is 4.98 Å². The Balaban J connectivity index is 2.03. The molecule has 0 aromatic carbocycles. The molecule has 0 amide bonds. The Morgan fingerprint density at radius 3 is 2.65 bits per heavy atom. The van der Waals surface area contributed by atoms with Crippen molar-refractivity contribution in [3.63, 3.8) is 0 Å². The highest BCUT2D eigenvalue weighted by molar-refractivity contribution is 5.46. The molecule has 1 aliphatic carbocycles. The van der Waals surface area contributed by atoms with E-state index < -0.39 is 0 Å². The van der Waals surface area contributed by atoms with Crippen molar-refractivity contribution in [3.8, 4) is 0 Å². The van der Waals surface area contributed by atoms with Crippen LogP contribution in [-0.4, -0.2) is 34.8 Å². The van der Waals surface area contributed by atoms with E-state index >= 15 is 0 Å². The SMILES string of the molecule is CCNc1ncc(C)c(NCC2(CO)CCCCC2)n1. The van der Waals surface area contributed by atoms with Crippen molar-refractivity contribution in [2.75, 3.05) is 30.3 Å². The van der Waals surface area contributed by atoms with Crippen LogP contribution in [0.3, 0.4) is 0 Å². The van der Waals surface area contributed by atoms with Gasteiger partial charge in [0.05, 0.1) is 6.61 Å². The van der Waals surface area contributed by atoms with E-state index in [0.29, 0.717) is 5.95 Å². The van der Waals surface area contributed by atoms with Crippen molar-refractivity contribution < 1.29 is 5.11 Å². The predicted molar refractivity (Wildman–Crippen MR) is 82.0 cm³/mol. The van der Waals surface area contributed by atoms with E-state index in [2.05, 4.69) is 20.6 Å². The lowest BCUT2D eigenvalue weighted by atomic mass is 9.74. The molecule has 1 aliphatic rings. The van der Waals surface area contributed by atoms with Crippen molar-refractivity contribution >= 4 is 11.8 Å². The number of nitrogens with one attached hydrogen (secondary N) is 2. The van der Waals surface area contributed by atoms with Gasteiger partial charge in [-0.05, 0) is 26.7 Å². The van der Waals surface area contributed by atoms with Crippen LogP contribution in [0.5, 0.6) is 0 Å². The predicted octanol–water partition coefficient (Wildman–Crippen LogP) is 2.57. The minimum atomic E-state index is 0.0218. The second-order valence-corrected chi connectivity index (χ2v) is 5.83. The molecule has 5 nitrogen and oxygen atoms in total. The standard InChI is InChI=1S/C15H26N4O/c1-3-16-14-17-9-12(2)13(19-14)18-10-15(11-20)7-5-4-6-8-15/h9,20H,3-8,10-11H2,1-2H3,(H2,16,17,18,19). The van der Waals surface area contributed by atoms with E-state index in [1.165, 1.54) is 19.3 Å². The van der Waals surface area contributed by atoms with Gasteiger partial charge in [-0.15, -0.1) is 0 Å². The first-order chi connectivity index (χ1) is 9.69. The maximum absolute atomic E-state index is 9.74. The Bertz CT molecular complexity index is 430. The molecule has 0 atom stereocenters. The summed E-state index contributed by atoms with van der Waals surface area (Å²) in [7, 11) is 0. The zero-order valence-corrected chi connectivity index (χ0v) is 12.6. The quantitative estimate of drug-likeness (QED) is 0.746. The van der Waals surface area contributed by atoms with Crippen LogP contribution in [0.2, 0.25) is 0 Å². The summed E-state index contributed by atoms with van der Waals surface area (Å²) in [6, 6.07) is 0. The lowest BCUT2D eigenvalue weighted by Crippen LogP contribution is -2.36. The first kappa shape index (κ1) is 15.0. The van der Waals surface area contributed by atoms with Crippen molar-refractivity contribution in [1.82, 2.24) is 9.97 Å². The third-order valence-electron chi connectivity index (χ3n) is 4.19. The number of hydrogen-bond acceptors (Lipinski definition) is 5. The van der Waals surface area contributed by atoms with Crippen LogP contribution >= 0.6 is 0 Å². The first-order valence-corrected chi connectivity index (χ1v) is 7.61. The Kier molecular flexibility index (Phi) is 5.17. The van der Waals surface area contributed by atoms with Gasteiger partial charge >= 0.3 is 0 Å². The summed E-state index contributed by atoms with van der Waals surface area (Å²) < 4.78 is 0. The van der Waals surface area contributed by atoms with Gasteiger partial charge in [0.15, 0.2) is 0 Å². The monoisotopic (exact) mass is 278 g/mol. The van der Waals surface area contributed by atoms with E-state index in [-0.39, 0.29) is 12.0 Å². The van der Waals surface area contributed by atoms with Crippen LogP contribution in [0.4, 0.5) is 11.8 Å². The number of aryl methyl sites for hydroxylation is 1. The molecule has 1 saturated carbocycles. The Morgan fingerprint density at radius 2 is 2.00 bits per heavy atom. The molecule has 3 N–H and O–H groups in total. The van der Waals surface area contributed by atoms with Gasteiger partial charge in [0.1, 0.15) is 5.82 Å². The molecule has 0 spiro atoms. The number of aliphatic hydroxyl groups excluding tert-OH is 1. The molecule has 2 rings (SSSR count). The summed E-state index contributed by atoms with van der Waals surface area (Å²) in [6.07, 6.45) is 7.75. The number of rotatable bonds is 6. The minimum absolute atomic E-state index is 0.0218. The maximum atomic E-state index is 9.74. The lowest BCUT2D eigenvalue weighted by Gasteiger charge is -2.36. The highest BCUT2D eigenvalue weighted by Crippen LogP contribution is 2.36. The van der Waals surface area contributed by atoms with E-state index in [1.54, 1.807) is 0 Å². The third kappa shape index (κ3) is 3.60. The van der Waals surface area contributed by atoms with Crippen molar-refractivity contribution in [1.29, 1.82) is 0 Å². The summed E-state index contributed by atoms with van der Waals surface area (Å²) in [4.78, 5) is 8.75. The number of nitrogens with zero attached hydrogens (tertiary/aromatic N) is 2. The fourth-order valence-corrected chi connectivity index (χ4v) is 2.83. The molecule has 20 heavy (non-hydrogen) atoms. The van der Waals surface area contributed by atoms with E-state index in [0.717, 1.165) is 37.3 Å². The van der Waals surface area contributed by atoms with Crippen LogP contribution in [0, 0.1) is 12.3 Å². The molecule has 1 heterocycles. The highest BCUT2D eigenvalue weighted by atomic mass is 16.3. The summed E-state index contributed by atoms with van der Waals surface area (Å²) >= 11 is 0. The van der Waals surface area contributed by atoms with E-state index in [1.807, 2.05) is 20.0 Å². The zero-order chi connectivity index (χ0) is 14.4. The Labute approximate surface area is 121 Å². The highest BCUT2D eigenvalue weighted by Gasteiger charge is 2.31. The molecule has 1 fully saturated rings. The Hall–Kier alpha value is -1.36. The van der Waals surface area contributed by atoms with E-state index in [9.17, 15) is 5.11 Å². The van der Waals surface area contributed by atoms with Gasteiger partial charge < -0.3 is 15.7 Å². The lowest BCUT2D eigenvalue weighted by molar-refractivity contribution is 0.0943. The summed E-state index contributed by atoms with van der Waals surface area (Å²) in [5.41, 5.74) is 1.06. The van der Waals surface area contributed by atoms with Gasteiger partial charge in [-0.3, -0.25) is 0 Å². The first-order valence-electron chi connectivity index (χ1n) is 7.61. The van der Waals surface area contributed by atoms with Gasteiger partial charge in [-0.1, -0.05) is 19.3 Å². The van der Waals surface area contributed by atoms with Gasteiger partial charge in [0, 0.05) is 30.3 Å². The molecule has 0 aliphatic heterocycles. The molecule has 1 aromatic rings. The van der Waals surface area contributed by atoms with Gasteiger partial charge in [0.25, 0.3) is 0 Å². The largest absolute Gasteiger partial charge is 0.396 e. The molecule has 1 aromatic heterocycles. The number of aliphatic hydroxyl groups is 1. The smallest absolute Gasteiger partial charge is 0.224 e. The summed E-state index contributed by atoms with van der Waals surface area (Å²) in [6.45, 7) is 5.88. The molecule has 0 saturated heterocycles. The van der Waals surface area contributed by atoms with E-state index in [4.69, 9.17) is 0 Å². The number of aromatic nitrogens is 2. The molecule has 0 radical (unpaired) electrons. The zero-order valence-electron chi connectivity index (χ0n) is 12.6. The number of hydrogen-bond donors (Lipinski definition) is 3. The number of anilines is 2. The maximum Gasteiger partial charge on any atom is 0.224 e. The van der Waals surface area contributed by atoms with Crippen molar-refractivity contribution in [2.45, 2.75) is 46.0 Å². The molecule has 5 heteroatoms. The molecule has 112 valence electrons. The molecule has 0 bridgehead atoms. The average molecular weight is 278 g/mol. The third-order valence-corrected chi connectivity index (χ3v) is 4.19. The van der Waals surface area contributed by atoms with Crippen LogP contribution in [-0.2, 0) is 0 Å². The fraction of sp³-hybridized carbons (Fsp3) is 0.733. The summed E-state index contributed by atoms with van der Waals surface area (Å²) in [5, 5.41) is 16.3. The van der Waals surface area contributed by atoms with Gasteiger partial charge in [-0.2, -0.15) is 4.98 Å². The van der Waals surface area contributed by atoms with Crippen molar-refractivity contribution in [3.05, 3.63) is 11.8 Å². The molecule has 0 unspecified atom stereocenters.